The van der Waals surface area contributed by atoms with Crippen molar-refractivity contribution in [1.82, 2.24) is 10.2 Å². The first-order valence-corrected chi connectivity index (χ1v) is 9.79. The van der Waals surface area contributed by atoms with Gasteiger partial charge in [-0.3, -0.25) is 9.69 Å². The van der Waals surface area contributed by atoms with E-state index >= 15 is 0 Å². The Hall–Kier alpha value is -1.85. The summed E-state index contributed by atoms with van der Waals surface area (Å²) < 4.78 is 0. The Morgan fingerprint density at radius 3 is 2.60 bits per heavy atom. The monoisotopic (exact) mass is 357 g/mol. The molecule has 1 atom stereocenters. The molecular formula is C20H27N3OS. The zero-order chi connectivity index (χ0) is 17.8. The molecule has 2 aromatic rings. The van der Waals surface area contributed by atoms with Gasteiger partial charge in [-0.15, -0.1) is 11.3 Å². The van der Waals surface area contributed by atoms with Gasteiger partial charge in [-0.1, -0.05) is 18.2 Å². The molecule has 1 aliphatic heterocycles. The van der Waals surface area contributed by atoms with E-state index in [1.54, 1.807) is 11.3 Å². The Morgan fingerprint density at radius 1 is 1.16 bits per heavy atom. The van der Waals surface area contributed by atoms with Crippen molar-refractivity contribution in [3.8, 4) is 0 Å². The van der Waals surface area contributed by atoms with Crippen molar-refractivity contribution in [1.29, 1.82) is 0 Å². The maximum atomic E-state index is 12.4. The summed E-state index contributed by atoms with van der Waals surface area (Å²) in [5.41, 5.74) is 4.02. The predicted molar refractivity (Wildman–Crippen MR) is 105 cm³/mol. The molecule has 1 aromatic carbocycles. The SMILES string of the molecule is Cc1cccc(N2CCN([C@@H](C)C(=O)NCc3cccs3)CC2)c1C. The number of hydrogen-bond acceptors (Lipinski definition) is 4. The van der Waals surface area contributed by atoms with E-state index in [1.165, 1.54) is 21.7 Å². The maximum Gasteiger partial charge on any atom is 0.237 e. The lowest BCUT2D eigenvalue weighted by Crippen LogP contribution is -2.54. The summed E-state index contributed by atoms with van der Waals surface area (Å²) in [5, 5.41) is 5.10. The van der Waals surface area contributed by atoms with Crippen molar-refractivity contribution in [2.45, 2.75) is 33.4 Å². The maximum absolute atomic E-state index is 12.4. The summed E-state index contributed by atoms with van der Waals surface area (Å²) in [5.74, 6) is 0.119. The van der Waals surface area contributed by atoms with E-state index in [-0.39, 0.29) is 11.9 Å². The molecule has 134 valence electrons. The number of rotatable bonds is 5. The third-order valence-electron chi connectivity index (χ3n) is 5.18. The molecule has 1 amide bonds. The number of carbonyl (C=O) groups is 1. The van der Waals surface area contributed by atoms with Crippen LogP contribution in [0.15, 0.2) is 35.7 Å². The van der Waals surface area contributed by atoms with E-state index in [1.807, 2.05) is 18.4 Å². The highest BCUT2D eigenvalue weighted by atomic mass is 32.1. The van der Waals surface area contributed by atoms with E-state index in [0.29, 0.717) is 6.54 Å². The van der Waals surface area contributed by atoms with Crippen LogP contribution >= 0.6 is 11.3 Å². The number of amides is 1. The first-order chi connectivity index (χ1) is 12.1. The van der Waals surface area contributed by atoms with Crippen molar-refractivity contribution < 1.29 is 4.79 Å². The smallest absolute Gasteiger partial charge is 0.237 e. The number of hydrogen-bond donors (Lipinski definition) is 1. The Bertz CT molecular complexity index is 706. The van der Waals surface area contributed by atoms with E-state index in [2.05, 4.69) is 53.2 Å². The van der Waals surface area contributed by atoms with E-state index in [4.69, 9.17) is 0 Å². The second-order valence-corrected chi connectivity index (χ2v) is 7.75. The quantitative estimate of drug-likeness (QED) is 0.893. The van der Waals surface area contributed by atoms with Crippen molar-refractivity contribution in [3.05, 3.63) is 51.7 Å². The second-order valence-electron chi connectivity index (χ2n) is 6.72. The van der Waals surface area contributed by atoms with Crippen LogP contribution in [-0.2, 0) is 11.3 Å². The number of nitrogens with one attached hydrogen (secondary N) is 1. The van der Waals surface area contributed by atoms with Crippen LogP contribution in [-0.4, -0.2) is 43.0 Å². The van der Waals surface area contributed by atoms with Crippen LogP contribution in [0.3, 0.4) is 0 Å². The van der Waals surface area contributed by atoms with Gasteiger partial charge in [0.25, 0.3) is 0 Å². The van der Waals surface area contributed by atoms with E-state index in [0.717, 1.165) is 26.2 Å². The van der Waals surface area contributed by atoms with Gasteiger partial charge in [0, 0.05) is 36.7 Å². The van der Waals surface area contributed by atoms with E-state index in [9.17, 15) is 4.79 Å². The fourth-order valence-electron chi connectivity index (χ4n) is 3.33. The van der Waals surface area contributed by atoms with Crippen LogP contribution in [0.1, 0.15) is 22.9 Å². The molecule has 1 aromatic heterocycles. The highest BCUT2D eigenvalue weighted by Gasteiger charge is 2.26. The molecule has 1 fully saturated rings. The number of nitrogens with zero attached hydrogens (tertiary/aromatic N) is 2. The molecular weight excluding hydrogens is 330 g/mol. The third kappa shape index (κ3) is 4.22. The summed E-state index contributed by atoms with van der Waals surface area (Å²) in [7, 11) is 0. The lowest BCUT2D eigenvalue weighted by atomic mass is 10.1. The minimum atomic E-state index is -0.0827. The van der Waals surface area contributed by atoms with Crippen LogP contribution in [0.4, 0.5) is 5.69 Å². The first kappa shape index (κ1) is 18.0. The molecule has 3 rings (SSSR count). The van der Waals surface area contributed by atoms with Crippen LogP contribution in [0.5, 0.6) is 0 Å². The van der Waals surface area contributed by atoms with Crippen molar-refractivity contribution in [2.75, 3.05) is 31.1 Å². The third-order valence-corrected chi connectivity index (χ3v) is 6.05. The molecule has 0 unspecified atom stereocenters. The van der Waals surface area contributed by atoms with Gasteiger partial charge in [0.1, 0.15) is 0 Å². The lowest BCUT2D eigenvalue weighted by molar-refractivity contribution is -0.126. The number of anilines is 1. The molecule has 4 nitrogen and oxygen atoms in total. The Morgan fingerprint density at radius 2 is 1.92 bits per heavy atom. The summed E-state index contributed by atoms with van der Waals surface area (Å²) in [6, 6.07) is 10.5. The molecule has 1 saturated heterocycles. The van der Waals surface area contributed by atoms with Gasteiger partial charge in [0.05, 0.1) is 12.6 Å². The first-order valence-electron chi connectivity index (χ1n) is 8.91. The number of carbonyl (C=O) groups excluding carboxylic acids is 1. The molecule has 1 aliphatic rings. The van der Waals surface area contributed by atoms with Gasteiger partial charge in [-0.25, -0.2) is 0 Å². The molecule has 0 spiro atoms. The summed E-state index contributed by atoms with van der Waals surface area (Å²) in [6.07, 6.45) is 0. The topological polar surface area (TPSA) is 35.6 Å². The van der Waals surface area contributed by atoms with Gasteiger partial charge >= 0.3 is 0 Å². The average molecular weight is 358 g/mol. The summed E-state index contributed by atoms with van der Waals surface area (Å²) in [6.45, 7) is 10.8. The minimum absolute atomic E-state index is 0.0827. The van der Waals surface area contributed by atoms with Crippen molar-refractivity contribution >= 4 is 22.9 Å². The molecule has 0 saturated carbocycles. The summed E-state index contributed by atoms with van der Waals surface area (Å²) in [4.78, 5) is 18.3. The van der Waals surface area contributed by atoms with Crippen LogP contribution < -0.4 is 10.2 Å². The fraction of sp³-hybridized carbons (Fsp3) is 0.450. The predicted octanol–water partition coefficient (Wildman–Crippen LogP) is 3.19. The minimum Gasteiger partial charge on any atom is -0.369 e. The molecule has 0 radical (unpaired) electrons. The molecule has 1 N–H and O–H groups in total. The standard InChI is InChI=1S/C20H27N3OS/c1-15-6-4-8-19(16(15)2)23-11-9-22(10-12-23)17(3)20(24)21-14-18-7-5-13-25-18/h4-8,13,17H,9-12,14H2,1-3H3,(H,21,24)/t17-/m0/s1. The van der Waals surface area contributed by atoms with Gasteiger partial charge < -0.3 is 10.2 Å². The van der Waals surface area contributed by atoms with Gasteiger partial charge in [-0.05, 0) is 49.4 Å². The van der Waals surface area contributed by atoms with Crippen molar-refractivity contribution in [2.24, 2.45) is 0 Å². The van der Waals surface area contributed by atoms with Crippen molar-refractivity contribution in [3.63, 3.8) is 0 Å². The Labute approximate surface area is 154 Å². The van der Waals surface area contributed by atoms with E-state index < -0.39 is 0 Å². The highest BCUT2D eigenvalue weighted by molar-refractivity contribution is 7.09. The normalized spacial score (nSPS) is 16.7. The average Bonchev–Trinajstić information content (AvgIpc) is 3.15. The summed E-state index contributed by atoms with van der Waals surface area (Å²) >= 11 is 1.68. The lowest BCUT2D eigenvalue weighted by Gasteiger charge is -2.39. The highest BCUT2D eigenvalue weighted by Crippen LogP contribution is 2.24. The zero-order valence-electron chi connectivity index (χ0n) is 15.3. The number of thiophene rings is 1. The zero-order valence-corrected chi connectivity index (χ0v) is 16.1. The van der Waals surface area contributed by atoms with Gasteiger partial charge in [-0.2, -0.15) is 0 Å². The van der Waals surface area contributed by atoms with Crippen LogP contribution in [0.25, 0.3) is 0 Å². The fourth-order valence-corrected chi connectivity index (χ4v) is 3.97. The number of aryl methyl sites for hydroxylation is 1. The van der Waals surface area contributed by atoms with Gasteiger partial charge in [0.15, 0.2) is 0 Å². The van der Waals surface area contributed by atoms with Gasteiger partial charge in [0.2, 0.25) is 5.91 Å². The molecule has 5 heteroatoms. The molecule has 2 heterocycles. The number of benzene rings is 1. The Kier molecular flexibility index (Phi) is 5.76. The van der Waals surface area contributed by atoms with Crippen LogP contribution in [0.2, 0.25) is 0 Å². The second kappa shape index (κ2) is 8.02. The largest absolute Gasteiger partial charge is 0.369 e. The van der Waals surface area contributed by atoms with Crippen LogP contribution in [0, 0.1) is 13.8 Å². The number of piperazine rings is 1. The molecule has 0 bridgehead atoms. The Balaban J connectivity index is 1.52. The molecule has 25 heavy (non-hydrogen) atoms. The molecule has 0 aliphatic carbocycles.